The molecule has 0 aromatic carbocycles. The lowest BCUT2D eigenvalue weighted by Crippen LogP contribution is -2.45. The van der Waals surface area contributed by atoms with Crippen LogP contribution in [0.5, 0.6) is 0 Å². The Morgan fingerprint density at radius 1 is 1.04 bits per heavy atom. The van der Waals surface area contributed by atoms with Gasteiger partial charge in [-0.2, -0.15) is 0 Å². The standard InChI is InChI=1S/C17H24N6/c1-21-11-8-18-15(21)12-22-10-5-17(13-22)4-2-9-23(14-17)16-19-6-3-7-20-16/h3,6-8,11H,2,4-5,9-10,12-14H2,1H3/t17-/m0/s1. The van der Waals surface area contributed by atoms with Crippen molar-refractivity contribution in [1.29, 1.82) is 0 Å². The first kappa shape index (κ1) is 14.6. The van der Waals surface area contributed by atoms with Gasteiger partial charge in [-0.15, -0.1) is 0 Å². The fourth-order valence-corrected chi connectivity index (χ4v) is 4.08. The maximum atomic E-state index is 4.47. The monoisotopic (exact) mass is 312 g/mol. The number of imidazole rings is 1. The summed E-state index contributed by atoms with van der Waals surface area (Å²) in [6, 6.07) is 1.88. The zero-order valence-electron chi connectivity index (χ0n) is 13.7. The maximum Gasteiger partial charge on any atom is 0.225 e. The number of piperidine rings is 1. The molecule has 2 aliphatic rings. The molecule has 2 aromatic heterocycles. The largest absolute Gasteiger partial charge is 0.340 e. The number of likely N-dealkylation sites (tertiary alicyclic amines) is 1. The SMILES string of the molecule is Cn1ccnc1CN1CC[C@@]2(CCCN(c3ncccn3)C2)C1. The summed E-state index contributed by atoms with van der Waals surface area (Å²) in [7, 11) is 2.07. The molecule has 1 spiro atoms. The van der Waals surface area contributed by atoms with Gasteiger partial charge in [-0.3, -0.25) is 4.90 Å². The number of rotatable bonds is 3. The minimum absolute atomic E-state index is 0.391. The van der Waals surface area contributed by atoms with E-state index in [0.29, 0.717) is 5.41 Å². The minimum atomic E-state index is 0.391. The van der Waals surface area contributed by atoms with E-state index in [0.717, 1.165) is 44.5 Å². The van der Waals surface area contributed by atoms with Gasteiger partial charge in [-0.05, 0) is 31.9 Å². The summed E-state index contributed by atoms with van der Waals surface area (Å²) in [5.41, 5.74) is 0.391. The van der Waals surface area contributed by atoms with Crippen LogP contribution in [0.1, 0.15) is 25.1 Å². The Morgan fingerprint density at radius 2 is 1.91 bits per heavy atom. The molecule has 23 heavy (non-hydrogen) atoms. The Hall–Kier alpha value is -1.95. The van der Waals surface area contributed by atoms with Crippen molar-refractivity contribution in [2.45, 2.75) is 25.8 Å². The Bertz CT molecular complexity index is 654. The molecule has 0 bridgehead atoms. The summed E-state index contributed by atoms with van der Waals surface area (Å²) >= 11 is 0. The molecule has 6 heteroatoms. The van der Waals surface area contributed by atoms with Crippen LogP contribution < -0.4 is 4.90 Å². The number of nitrogens with zero attached hydrogens (tertiary/aromatic N) is 6. The molecule has 1 atom stereocenters. The molecule has 2 fully saturated rings. The second kappa shape index (κ2) is 5.92. The molecule has 0 saturated carbocycles. The predicted molar refractivity (Wildman–Crippen MR) is 89.0 cm³/mol. The molecule has 2 saturated heterocycles. The summed E-state index contributed by atoms with van der Waals surface area (Å²) < 4.78 is 2.12. The quantitative estimate of drug-likeness (QED) is 0.863. The topological polar surface area (TPSA) is 50.1 Å². The van der Waals surface area contributed by atoms with Gasteiger partial charge in [-0.25, -0.2) is 15.0 Å². The van der Waals surface area contributed by atoms with Gasteiger partial charge >= 0.3 is 0 Å². The maximum absolute atomic E-state index is 4.47. The van der Waals surface area contributed by atoms with Crippen molar-refractivity contribution in [2.24, 2.45) is 12.5 Å². The van der Waals surface area contributed by atoms with Crippen LogP contribution in [0.25, 0.3) is 0 Å². The van der Waals surface area contributed by atoms with Crippen LogP contribution in [0.3, 0.4) is 0 Å². The van der Waals surface area contributed by atoms with Crippen molar-refractivity contribution >= 4 is 5.95 Å². The van der Waals surface area contributed by atoms with Crippen LogP contribution in [0.15, 0.2) is 30.9 Å². The lowest BCUT2D eigenvalue weighted by molar-refractivity contribution is 0.212. The summed E-state index contributed by atoms with van der Waals surface area (Å²) in [5, 5.41) is 0. The molecule has 2 aromatic rings. The van der Waals surface area contributed by atoms with E-state index in [4.69, 9.17) is 0 Å². The van der Waals surface area contributed by atoms with E-state index >= 15 is 0 Å². The van der Waals surface area contributed by atoms with Gasteiger partial charge in [0.15, 0.2) is 0 Å². The second-order valence-corrected chi connectivity index (χ2v) is 6.99. The van der Waals surface area contributed by atoms with Gasteiger partial charge in [0.05, 0.1) is 6.54 Å². The Balaban J connectivity index is 1.44. The van der Waals surface area contributed by atoms with Crippen LogP contribution in [0.2, 0.25) is 0 Å². The summed E-state index contributed by atoms with van der Waals surface area (Å²) in [6.45, 7) is 5.42. The van der Waals surface area contributed by atoms with Crippen molar-refractivity contribution in [2.75, 3.05) is 31.1 Å². The van der Waals surface area contributed by atoms with E-state index in [-0.39, 0.29) is 0 Å². The van der Waals surface area contributed by atoms with Crippen LogP contribution >= 0.6 is 0 Å². The first-order chi connectivity index (χ1) is 11.2. The van der Waals surface area contributed by atoms with Crippen molar-refractivity contribution < 1.29 is 0 Å². The molecule has 4 heterocycles. The van der Waals surface area contributed by atoms with E-state index in [2.05, 4.69) is 36.4 Å². The predicted octanol–water partition coefficient (Wildman–Crippen LogP) is 1.70. The highest BCUT2D eigenvalue weighted by molar-refractivity contribution is 5.30. The number of aryl methyl sites for hydroxylation is 1. The van der Waals surface area contributed by atoms with Gasteiger partial charge in [0, 0.05) is 56.9 Å². The van der Waals surface area contributed by atoms with Gasteiger partial charge in [0.2, 0.25) is 5.95 Å². The van der Waals surface area contributed by atoms with Crippen molar-refractivity contribution in [3.8, 4) is 0 Å². The molecule has 0 unspecified atom stereocenters. The molecule has 4 rings (SSSR count). The van der Waals surface area contributed by atoms with E-state index < -0.39 is 0 Å². The molecule has 6 nitrogen and oxygen atoms in total. The summed E-state index contributed by atoms with van der Waals surface area (Å²) in [4.78, 5) is 18.3. The Labute approximate surface area is 137 Å². The molecule has 122 valence electrons. The molecular formula is C17H24N6. The van der Waals surface area contributed by atoms with Gasteiger partial charge in [-0.1, -0.05) is 0 Å². The zero-order valence-corrected chi connectivity index (χ0v) is 13.7. The van der Waals surface area contributed by atoms with Gasteiger partial charge in [0.1, 0.15) is 5.82 Å². The highest BCUT2D eigenvalue weighted by atomic mass is 15.3. The van der Waals surface area contributed by atoms with E-state index in [9.17, 15) is 0 Å². The molecule has 0 N–H and O–H groups in total. The first-order valence-corrected chi connectivity index (χ1v) is 8.45. The third-order valence-corrected chi connectivity index (χ3v) is 5.30. The molecule has 0 amide bonds. The smallest absolute Gasteiger partial charge is 0.225 e. The minimum Gasteiger partial charge on any atom is -0.340 e. The molecule has 2 aliphatic heterocycles. The first-order valence-electron chi connectivity index (χ1n) is 8.45. The second-order valence-electron chi connectivity index (χ2n) is 6.99. The zero-order chi connectivity index (χ0) is 15.7. The van der Waals surface area contributed by atoms with Crippen molar-refractivity contribution in [1.82, 2.24) is 24.4 Å². The van der Waals surface area contributed by atoms with Crippen LogP contribution in [0.4, 0.5) is 5.95 Å². The van der Waals surface area contributed by atoms with Crippen LogP contribution in [0, 0.1) is 5.41 Å². The van der Waals surface area contributed by atoms with Crippen LogP contribution in [-0.4, -0.2) is 50.6 Å². The Morgan fingerprint density at radius 3 is 2.70 bits per heavy atom. The van der Waals surface area contributed by atoms with E-state index in [1.54, 1.807) is 0 Å². The number of hydrogen-bond donors (Lipinski definition) is 0. The van der Waals surface area contributed by atoms with Gasteiger partial charge in [0.25, 0.3) is 0 Å². The fraction of sp³-hybridized carbons (Fsp3) is 0.588. The highest BCUT2D eigenvalue weighted by Crippen LogP contribution is 2.40. The summed E-state index contributed by atoms with van der Waals surface area (Å²) in [5.74, 6) is 2.04. The van der Waals surface area contributed by atoms with Crippen LogP contribution in [-0.2, 0) is 13.6 Å². The molecule has 0 aliphatic carbocycles. The fourth-order valence-electron chi connectivity index (χ4n) is 4.08. The third kappa shape index (κ3) is 2.95. The lowest BCUT2D eigenvalue weighted by atomic mass is 9.79. The lowest BCUT2D eigenvalue weighted by Gasteiger charge is -2.40. The molecule has 0 radical (unpaired) electrons. The van der Waals surface area contributed by atoms with Crippen molar-refractivity contribution in [3.05, 3.63) is 36.7 Å². The average Bonchev–Trinajstić information content (AvgIpc) is 3.16. The van der Waals surface area contributed by atoms with Gasteiger partial charge < -0.3 is 9.47 Å². The number of hydrogen-bond acceptors (Lipinski definition) is 5. The highest BCUT2D eigenvalue weighted by Gasteiger charge is 2.41. The average molecular weight is 312 g/mol. The van der Waals surface area contributed by atoms with Crippen molar-refractivity contribution in [3.63, 3.8) is 0 Å². The normalized spacial score (nSPS) is 25.3. The number of aromatic nitrogens is 4. The number of anilines is 1. The molecular weight excluding hydrogens is 288 g/mol. The Kier molecular flexibility index (Phi) is 3.77. The van der Waals surface area contributed by atoms with E-state index in [1.165, 1.54) is 19.3 Å². The third-order valence-electron chi connectivity index (χ3n) is 5.30. The van der Waals surface area contributed by atoms with E-state index in [1.807, 2.05) is 30.9 Å². The summed E-state index contributed by atoms with van der Waals surface area (Å²) in [6.07, 6.45) is 11.4.